The van der Waals surface area contributed by atoms with Crippen molar-refractivity contribution in [3.05, 3.63) is 69.6 Å². The number of benzene rings is 2. The number of hydrogen-bond acceptors (Lipinski definition) is 2. The number of thiophene rings is 1. The maximum Gasteiger partial charge on any atom is 0.160 e. The minimum atomic E-state index is 0.772. The van der Waals surface area contributed by atoms with Crippen molar-refractivity contribution in [2.24, 2.45) is 0 Å². The Balaban J connectivity index is 2.12. The zero-order valence-electron chi connectivity index (χ0n) is 13.9. The van der Waals surface area contributed by atoms with Crippen molar-refractivity contribution in [2.45, 2.75) is 27.7 Å². The largest absolute Gasteiger partial charge is 0.297 e. The van der Waals surface area contributed by atoms with Gasteiger partial charge in [0.1, 0.15) is 0 Å². The molecular weight excluding hydrogens is 300 g/mol. The highest BCUT2D eigenvalue weighted by Gasteiger charge is 2.11. The van der Waals surface area contributed by atoms with Crippen LogP contribution in [0.15, 0.2) is 42.5 Å². The topological polar surface area (TPSA) is 17.1 Å². The van der Waals surface area contributed by atoms with Gasteiger partial charge in [-0.05, 0) is 79.8 Å². The van der Waals surface area contributed by atoms with Crippen LogP contribution in [0.2, 0.25) is 0 Å². The average Bonchev–Trinajstić information content (AvgIpc) is 2.94. The summed E-state index contributed by atoms with van der Waals surface area (Å²) in [4.78, 5) is 12.8. The summed E-state index contributed by atoms with van der Waals surface area (Å²) in [6.07, 6.45) is 0.914. The zero-order chi connectivity index (χ0) is 16.6. The second kappa shape index (κ2) is 6.13. The van der Waals surface area contributed by atoms with Gasteiger partial charge in [0.15, 0.2) is 6.29 Å². The Labute approximate surface area is 141 Å². The van der Waals surface area contributed by atoms with Gasteiger partial charge in [-0.25, -0.2) is 0 Å². The maximum absolute atomic E-state index is 10.9. The van der Waals surface area contributed by atoms with Crippen LogP contribution in [0.1, 0.15) is 31.9 Å². The molecular formula is C21H20OS. The Morgan fingerprint density at radius 2 is 1.39 bits per heavy atom. The van der Waals surface area contributed by atoms with Gasteiger partial charge >= 0.3 is 0 Å². The first-order valence-corrected chi connectivity index (χ1v) is 8.55. The molecule has 0 saturated heterocycles. The highest BCUT2D eigenvalue weighted by atomic mass is 32.1. The number of carbonyl (C=O) groups is 1. The smallest absolute Gasteiger partial charge is 0.160 e. The fourth-order valence-corrected chi connectivity index (χ4v) is 4.06. The molecule has 0 unspecified atom stereocenters. The molecule has 0 amide bonds. The van der Waals surface area contributed by atoms with Crippen molar-refractivity contribution in [3.63, 3.8) is 0 Å². The molecule has 0 spiro atoms. The summed E-state index contributed by atoms with van der Waals surface area (Å²) in [6.45, 7) is 8.61. The van der Waals surface area contributed by atoms with Gasteiger partial charge in [-0.2, -0.15) is 0 Å². The summed E-state index contributed by atoms with van der Waals surface area (Å²) in [6, 6.07) is 15.1. The predicted molar refractivity (Wildman–Crippen MR) is 99.5 cm³/mol. The number of aldehydes is 1. The fourth-order valence-electron chi connectivity index (χ4n) is 3.25. The van der Waals surface area contributed by atoms with Crippen molar-refractivity contribution < 1.29 is 4.79 Å². The summed E-state index contributed by atoms with van der Waals surface area (Å²) in [5.74, 6) is 0. The Morgan fingerprint density at radius 1 is 0.783 bits per heavy atom. The van der Waals surface area contributed by atoms with Crippen molar-refractivity contribution in [2.75, 3.05) is 0 Å². The normalized spacial score (nSPS) is 10.8. The van der Waals surface area contributed by atoms with Gasteiger partial charge in [0.05, 0.1) is 4.88 Å². The van der Waals surface area contributed by atoms with Crippen molar-refractivity contribution in [1.29, 1.82) is 0 Å². The lowest BCUT2D eigenvalue weighted by Crippen LogP contribution is -1.91. The summed E-state index contributed by atoms with van der Waals surface area (Å²) >= 11 is 1.54. The molecule has 1 heterocycles. The van der Waals surface area contributed by atoms with E-state index in [-0.39, 0.29) is 0 Å². The van der Waals surface area contributed by atoms with E-state index in [0.29, 0.717) is 0 Å². The molecule has 3 aromatic rings. The molecule has 0 N–H and O–H groups in total. The Hall–Kier alpha value is -2.19. The zero-order valence-corrected chi connectivity index (χ0v) is 14.8. The van der Waals surface area contributed by atoms with Gasteiger partial charge in [0.25, 0.3) is 0 Å². The van der Waals surface area contributed by atoms with E-state index in [9.17, 15) is 4.79 Å². The van der Waals surface area contributed by atoms with E-state index in [4.69, 9.17) is 0 Å². The minimum Gasteiger partial charge on any atom is -0.297 e. The molecule has 0 aliphatic rings. The highest BCUT2D eigenvalue weighted by Crippen LogP contribution is 2.35. The van der Waals surface area contributed by atoms with Gasteiger partial charge in [-0.3, -0.25) is 4.79 Å². The second-order valence-electron chi connectivity index (χ2n) is 6.18. The van der Waals surface area contributed by atoms with Crippen LogP contribution in [0, 0.1) is 27.7 Å². The first-order chi connectivity index (χ1) is 11.0. The van der Waals surface area contributed by atoms with Gasteiger partial charge < -0.3 is 0 Å². The molecule has 0 atom stereocenters. The molecule has 0 fully saturated rings. The standard InChI is InChI=1S/C21H20OS/c1-13-7-14(2)9-18(8-13)21-15(3)10-17(11-16(21)4)20-6-5-19(12-22)23-20/h5-12H,1-4H3. The average molecular weight is 320 g/mol. The quantitative estimate of drug-likeness (QED) is 0.531. The first kappa shape index (κ1) is 15.7. The lowest BCUT2D eigenvalue weighted by atomic mass is 9.91. The molecule has 1 nitrogen and oxygen atoms in total. The van der Waals surface area contributed by atoms with Crippen LogP contribution in [0.5, 0.6) is 0 Å². The van der Waals surface area contributed by atoms with Crippen LogP contribution in [0.3, 0.4) is 0 Å². The molecule has 2 aromatic carbocycles. The summed E-state index contributed by atoms with van der Waals surface area (Å²) in [5, 5.41) is 0. The molecule has 0 aliphatic carbocycles. The minimum absolute atomic E-state index is 0.772. The van der Waals surface area contributed by atoms with Gasteiger partial charge in [-0.1, -0.05) is 29.3 Å². The number of aryl methyl sites for hydroxylation is 4. The van der Waals surface area contributed by atoms with E-state index >= 15 is 0 Å². The van der Waals surface area contributed by atoms with E-state index in [1.54, 1.807) is 11.3 Å². The molecule has 3 rings (SSSR count). The van der Waals surface area contributed by atoms with Crippen LogP contribution < -0.4 is 0 Å². The van der Waals surface area contributed by atoms with Crippen LogP contribution >= 0.6 is 11.3 Å². The Kier molecular flexibility index (Phi) is 4.18. The second-order valence-corrected chi connectivity index (χ2v) is 7.30. The Bertz CT molecular complexity index is 843. The van der Waals surface area contributed by atoms with Gasteiger partial charge in [-0.15, -0.1) is 11.3 Å². The molecule has 0 radical (unpaired) electrons. The molecule has 0 aliphatic heterocycles. The van der Waals surface area contributed by atoms with Crippen LogP contribution in [0.4, 0.5) is 0 Å². The molecule has 0 bridgehead atoms. The summed E-state index contributed by atoms with van der Waals surface area (Å²) < 4.78 is 0. The third kappa shape index (κ3) is 3.13. The van der Waals surface area contributed by atoms with Crippen LogP contribution in [0.25, 0.3) is 21.6 Å². The van der Waals surface area contributed by atoms with E-state index in [1.165, 1.54) is 38.9 Å². The lowest BCUT2D eigenvalue weighted by Gasteiger charge is -2.14. The van der Waals surface area contributed by atoms with Crippen LogP contribution in [-0.2, 0) is 0 Å². The van der Waals surface area contributed by atoms with Crippen molar-refractivity contribution in [3.8, 4) is 21.6 Å². The third-order valence-electron chi connectivity index (χ3n) is 4.07. The molecule has 116 valence electrons. The SMILES string of the molecule is Cc1cc(C)cc(-c2c(C)cc(-c3ccc(C=O)s3)cc2C)c1. The third-order valence-corrected chi connectivity index (χ3v) is 5.13. The van der Waals surface area contributed by atoms with E-state index < -0.39 is 0 Å². The Morgan fingerprint density at radius 3 is 1.91 bits per heavy atom. The van der Waals surface area contributed by atoms with E-state index in [1.807, 2.05) is 12.1 Å². The van der Waals surface area contributed by atoms with Crippen molar-refractivity contribution in [1.82, 2.24) is 0 Å². The molecule has 23 heavy (non-hydrogen) atoms. The summed E-state index contributed by atoms with van der Waals surface area (Å²) in [5.41, 5.74) is 8.90. The lowest BCUT2D eigenvalue weighted by molar-refractivity contribution is 0.112. The monoisotopic (exact) mass is 320 g/mol. The molecule has 2 heteroatoms. The number of hydrogen-bond donors (Lipinski definition) is 0. The van der Waals surface area contributed by atoms with Gasteiger partial charge in [0.2, 0.25) is 0 Å². The fraction of sp³-hybridized carbons (Fsp3) is 0.190. The van der Waals surface area contributed by atoms with E-state index in [0.717, 1.165) is 16.0 Å². The van der Waals surface area contributed by atoms with E-state index in [2.05, 4.69) is 58.0 Å². The van der Waals surface area contributed by atoms with Crippen molar-refractivity contribution >= 4 is 17.6 Å². The van der Waals surface area contributed by atoms with Crippen LogP contribution in [-0.4, -0.2) is 6.29 Å². The number of rotatable bonds is 3. The molecule has 1 aromatic heterocycles. The maximum atomic E-state index is 10.9. The first-order valence-electron chi connectivity index (χ1n) is 7.73. The summed E-state index contributed by atoms with van der Waals surface area (Å²) in [7, 11) is 0. The van der Waals surface area contributed by atoms with Gasteiger partial charge in [0, 0.05) is 4.88 Å². The number of carbonyl (C=O) groups excluding carboxylic acids is 1. The molecule has 0 saturated carbocycles. The predicted octanol–water partition coefficient (Wildman–Crippen LogP) is 6.13. The highest BCUT2D eigenvalue weighted by molar-refractivity contribution is 7.17.